The summed E-state index contributed by atoms with van der Waals surface area (Å²) < 4.78 is 65.2. The fourth-order valence-corrected chi connectivity index (χ4v) is 0.677. The maximum absolute atomic E-state index is 10.5. The number of carboxylic acids is 2. The van der Waals surface area contributed by atoms with E-state index in [4.69, 9.17) is 19.8 Å². The van der Waals surface area contributed by atoms with E-state index in [1.165, 1.54) is 6.42 Å². The number of hydrogen-bond acceptors (Lipinski definition) is 5. The molecule has 0 aliphatic rings. The summed E-state index contributed by atoms with van der Waals surface area (Å²) in [6, 6.07) is 0. The summed E-state index contributed by atoms with van der Waals surface area (Å²) in [5, 5.41) is 17.6. The van der Waals surface area contributed by atoms with E-state index in [1.807, 2.05) is 12.5 Å². The van der Waals surface area contributed by atoms with Gasteiger partial charge in [-0.15, -0.1) is 0 Å². The first kappa shape index (κ1) is 30.2. The second-order valence-corrected chi connectivity index (χ2v) is 3.37. The van der Waals surface area contributed by atoms with Gasteiger partial charge in [-0.1, -0.05) is 6.92 Å². The van der Waals surface area contributed by atoms with E-state index >= 15 is 0 Å². The Morgan fingerprint density at radius 1 is 1.04 bits per heavy atom. The molecule has 0 aliphatic carbocycles. The zero-order chi connectivity index (χ0) is 18.0. The molecule has 0 unspecified atom stereocenters. The standard InChI is InChI=1S/C6H10N2.2C2HF3O2.FH.Zn/c1-2-4-8-5-3-7-6-8;2*3-2(4,5)1(6)7;;/h3,5-6H,2,4H2,1H3;2*(H,6,7);1H;/q;;;;+2/p-2. The van der Waals surface area contributed by atoms with Crippen LogP contribution < -0.4 is 10.2 Å². The number of halogens is 7. The molecule has 0 atom stereocenters. The smallest absolute Gasteiger partial charge is 0.542 e. The molecule has 1 aromatic rings. The Kier molecular flexibility index (Phi) is 17.2. The Morgan fingerprint density at radius 2 is 1.38 bits per heavy atom. The van der Waals surface area contributed by atoms with E-state index in [9.17, 15) is 26.3 Å². The average molecular weight is 422 g/mol. The number of nitrogens with zero attached hydrogens (tertiary/aromatic N) is 2. The Bertz CT molecular complexity index is 425. The zero-order valence-corrected chi connectivity index (χ0v) is 15.0. The number of aromatic nitrogens is 2. The molecule has 24 heavy (non-hydrogen) atoms. The van der Waals surface area contributed by atoms with Crippen LogP contribution in [0.3, 0.4) is 0 Å². The molecule has 1 heterocycles. The maximum atomic E-state index is 10.5. The van der Waals surface area contributed by atoms with Gasteiger partial charge in [0, 0.05) is 18.9 Å². The van der Waals surface area contributed by atoms with Crippen molar-refractivity contribution in [3.63, 3.8) is 0 Å². The monoisotopic (exact) mass is 420 g/mol. The molecule has 0 aromatic carbocycles. The van der Waals surface area contributed by atoms with Crippen molar-refractivity contribution in [2.45, 2.75) is 32.2 Å². The summed E-state index contributed by atoms with van der Waals surface area (Å²) in [7, 11) is 0. The van der Waals surface area contributed by atoms with E-state index in [-0.39, 0.29) is 24.2 Å². The average Bonchev–Trinajstić information content (AvgIpc) is 2.81. The largest absolute Gasteiger partial charge is 2.00 e. The third-order valence-electron chi connectivity index (χ3n) is 1.50. The Morgan fingerprint density at radius 3 is 1.54 bits per heavy atom. The molecule has 0 N–H and O–H groups in total. The zero-order valence-electron chi connectivity index (χ0n) is 12.1. The van der Waals surface area contributed by atoms with Crippen LogP contribution in [0, 0.1) is 0 Å². The number of aryl methyl sites for hydroxylation is 1. The molecule has 0 saturated heterocycles. The molecule has 0 aliphatic heterocycles. The van der Waals surface area contributed by atoms with E-state index in [0.717, 1.165) is 6.54 Å². The Hall–Kier alpha value is -1.72. The summed E-state index contributed by atoms with van der Waals surface area (Å²) in [5.74, 6) is -6.01. The van der Waals surface area contributed by atoms with Crippen molar-refractivity contribution < 1.29 is 70.3 Å². The van der Waals surface area contributed by atoms with Gasteiger partial charge in [0.05, 0.1) is 6.33 Å². The van der Waals surface area contributed by atoms with Crippen LogP contribution in [0.15, 0.2) is 18.7 Å². The molecule has 0 spiro atoms. The first-order chi connectivity index (χ1) is 9.82. The predicted molar refractivity (Wildman–Crippen MR) is 57.1 cm³/mol. The van der Waals surface area contributed by atoms with Crippen molar-refractivity contribution in [1.29, 1.82) is 0 Å². The Balaban J connectivity index is -0.000000121. The number of alkyl halides is 6. The molecule has 1 rings (SSSR count). The van der Waals surface area contributed by atoms with Gasteiger partial charge in [-0.05, 0) is 6.42 Å². The number of rotatable bonds is 2. The van der Waals surface area contributed by atoms with Crippen molar-refractivity contribution in [3.8, 4) is 0 Å². The van der Waals surface area contributed by atoms with E-state index < -0.39 is 24.3 Å². The van der Waals surface area contributed by atoms with Gasteiger partial charge in [-0.25, -0.2) is 4.98 Å². The molecular weight excluding hydrogens is 410 g/mol. The van der Waals surface area contributed by atoms with Crippen molar-refractivity contribution in [2.75, 3.05) is 0 Å². The van der Waals surface area contributed by atoms with E-state index in [2.05, 4.69) is 16.5 Å². The molecule has 136 valence electrons. The summed E-state index contributed by atoms with van der Waals surface area (Å²) >= 11 is 0. The van der Waals surface area contributed by atoms with Gasteiger partial charge in [0.25, 0.3) is 0 Å². The second kappa shape index (κ2) is 13.7. The predicted octanol–water partition coefficient (Wildman–Crippen LogP) is 0.0403. The van der Waals surface area contributed by atoms with E-state index in [1.54, 1.807) is 6.20 Å². The second-order valence-electron chi connectivity index (χ2n) is 3.37. The normalized spacial score (nSPS) is 9.79. The van der Waals surface area contributed by atoms with Gasteiger partial charge in [-0.3, -0.25) is 4.70 Å². The van der Waals surface area contributed by atoms with Crippen molar-refractivity contribution in [2.24, 2.45) is 0 Å². The molecule has 0 saturated carbocycles. The summed E-state index contributed by atoms with van der Waals surface area (Å²) in [6.45, 7) is 3.24. The number of hydrogen-bond donors (Lipinski definition) is 0. The minimum Gasteiger partial charge on any atom is -0.542 e. The number of carboxylic acid groups (broad SMARTS) is 2. The van der Waals surface area contributed by atoms with Crippen molar-refractivity contribution >= 4 is 11.9 Å². The van der Waals surface area contributed by atoms with Crippen LogP contribution in [0.4, 0.5) is 31.0 Å². The molecule has 1 aromatic heterocycles. The molecular formula is C10H11F7N2O4Zn. The fraction of sp³-hybridized carbons (Fsp3) is 0.500. The quantitative estimate of drug-likeness (QED) is 0.496. The SMILES string of the molecule is CCCn1ccnc1.F.O=C([O-])C(F)(F)F.O=C([O-])C(F)(F)F.[Zn+2]. The summed E-state index contributed by atoms with van der Waals surface area (Å²) in [5.41, 5.74) is 0. The summed E-state index contributed by atoms with van der Waals surface area (Å²) in [6.07, 6.45) is -3.60. The molecule has 0 bridgehead atoms. The molecule has 0 fully saturated rings. The Labute approximate surface area is 143 Å². The fourth-order valence-electron chi connectivity index (χ4n) is 0.677. The minimum atomic E-state index is -5.19. The molecule has 0 amide bonds. The van der Waals surface area contributed by atoms with Gasteiger partial charge < -0.3 is 24.4 Å². The molecule has 14 heteroatoms. The number of carbonyl (C=O) groups is 2. The molecule has 0 radical (unpaired) electrons. The van der Waals surface area contributed by atoms with Gasteiger partial charge >= 0.3 is 31.8 Å². The number of imidazole rings is 1. The number of carbonyl (C=O) groups excluding carboxylic acids is 2. The number of aliphatic carboxylic acids is 2. The first-order valence-corrected chi connectivity index (χ1v) is 5.34. The topological polar surface area (TPSA) is 98.1 Å². The van der Waals surface area contributed by atoms with Crippen LogP contribution in [0.5, 0.6) is 0 Å². The summed E-state index contributed by atoms with van der Waals surface area (Å²) in [4.78, 5) is 21.5. The molecule has 6 nitrogen and oxygen atoms in total. The van der Waals surface area contributed by atoms with Gasteiger partial charge in [-0.2, -0.15) is 26.3 Å². The van der Waals surface area contributed by atoms with Crippen LogP contribution in [-0.4, -0.2) is 33.8 Å². The van der Waals surface area contributed by atoms with E-state index in [0.29, 0.717) is 0 Å². The third-order valence-corrected chi connectivity index (χ3v) is 1.50. The van der Waals surface area contributed by atoms with Crippen LogP contribution >= 0.6 is 0 Å². The third kappa shape index (κ3) is 18.3. The van der Waals surface area contributed by atoms with Crippen LogP contribution in [0.2, 0.25) is 0 Å². The van der Waals surface area contributed by atoms with Gasteiger partial charge in [0.1, 0.15) is 11.9 Å². The van der Waals surface area contributed by atoms with Crippen LogP contribution in [0.1, 0.15) is 13.3 Å². The maximum Gasteiger partial charge on any atom is 2.00 e. The van der Waals surface area contributed by atoms with Gasteiger partial charge in [0.2, 0.25) is 0 Å². The van der Waals surface area contributed by atoms with Crippen molar-refractivity contribution in [1.82, 2.24) is 9.55 Å². The first-order valence-electron chi connectivity index (χ1n) is 5.34. The van der Waals surface area contributed by atoms with Crippen LogP contribution in [-0.2, 0) is 35.6 Å². The minimum absolute atomic E-state index is 0. The van der Waals surface area contributed by atoms with Crippen LogP contribution in [0.25, 0.3) is 0 Å². The van der Waals surface area contributed by atoms with Gasteiger partial charge in [0.15, 0.2) is 0 Å². The van der Waals surface area contributed by atoms with Crippen molar-refractivity contribution in [3.05, 3.63) is 18.7 Å².